The lowest BCUT2D eigenvalue weighted by Gasteiger charge is -2.26. The van der Waals surface area contributed by atoms with Crippen LogP contribution in [0.25, 0.3) is 0 Å². The monoisotopic (exact) mass is 400 g/mol. The molecule has 6 heteroatoms. The molecule has 3 rings (SSSR count). The predicted octanol–water partition coefficient (Wildman–Crippen LogP) is 4.02. The Hall–Kier alpha value is -2.08. The van der Waals surface area contributed by atoms with Crippen LogP contribution in [0.2, 0.25) is 0 Å². The van der Waals surface area contributed by atoms with E-state index < -0.39 is 0 Å². The van der Waals surface area contributed by atoms with Gasteiger partial charge in [-0.2, -0.15) is 0 Å². The molecule has 2 heterocycles. The van der Waals surface area contributed by atoms with Gasteiger partial charge in [-0.3, -0.25) is 4.90 Å². The van der Waals surface area contributed by atoms with Gasteiger partial charge in [-0.15, -0.1) is 0 Å². The van der Waals surface area contributed by atoms with Crippen molar-refractivity contribution in [2.75, 3.05) is 26.2 Å². The fraction of sp³-hybridized carbons (Fsp3) is 0.652. The van der Waals surface area contributed by atoms with Crippen LogP contribution < -0.4 is 15.4 Å². The van der Waals surface area contributed by atoms with Crippen molar-refractivity contribution in [2.24, 2.45) is 0 Å². The summed E-state index contributed by atoms with van der Waals surface area (Å²) in [7, 11) is 0. The van der Waals surface area contributed by atoms with Gasteiger partial charge in [0.1, 0.15) is 6.61 Å². The average Bonchev–Trinajstić information content (AvgIpc) is 3.00. The Kier molecular flexibility index (Phi) is 9.30. The van der Waals surface area contributed by atoms with E-state index in [9.17, 15) is 4.79 Å². The number of likely N-dealkylation sites (tertiary alicyclic amines) is 1. The highest BCUT2D eigenvalue weighted by Crippen LogP contribution is 2.17. The van der Waals surface area contributed by atoms with Crippen LogP contribution in [-0.2, 0) is 6.54 Å². The number of pyridine rings is 1. The Labute approximate surface area is 175 Å². The number of carbonyl (C=O) groups excluding carboxylic acids is 1. The molecule has 1 saturated carbocycles. The SMILES string of the molecule is O=C(NCC=CCOc1cc(CN2CCCCC2)ccn1)NC1CCCCCC1. The lowest BCUT2D eigenvalue weighted by molar-refractivity contribution is 0.220. The number of urea groups is 1. The molecule has 0 aromatic carbocycles. The highest BCUT2D eigenvalue weighted by atomic mass is 16.5. The number of aromatic nitrogens is 1. The molecule has 2 amide bonds. The van der Waals surface area contributed by atoms with Crippen molar-refractivity contribution in [2.45, 2.75) is 70.4 Å². The van der Waals surface area contributed by atoms with E-state index in [1.54, 1.807) is 0 Å². The molecule has 0 spiro atoms. The number of hydrogen-bond donors (Lipinski definition) is 2. The van der Waals surface area contributed by atoms with E-state index in [0.717, 1.165) is 19.4 Å². The minimum Gasteiger partial charge on any atom is -0.473 e. The second-order valence-corrected chi connectivity index (χ2v) is 8.16. The molecule has 1 aliphatic heterocycles. The Morgan fingerprint density at radius 3 is 2.66 bits per heavy atom. The van der Waals surface area contributed by atoms with Gasteiger partial charge in [0.2, 0.25) is 5.88 Å². The van der Waals surface area contributed by atoms with Gasteiger partial charge in [-0.1, -0.05) is 38.2 Å². The molecule has 0 radical (unpaired) electrons. The Balaban J connectivity index is 1.30. The first-order valence-corrected chi connectivity index (χ1v) is 11.3. The lowest BCUT2D eigenvalue weighted by Crippen LogP contribution is -2.41. The van der Waals surface area contributed by atoms with E-state index in [1.807, 2.05) is 24.4 Å². The number of amides is 2. The average molecular weight is 401 g/mol. The maximum atomic E-state index is 12.0. The van der Waals surface area contributed by atoms with Gasteiger partial charge >= 0.3 is 6.03 Å². The van der Waals surface area contributed by atoms with E-state index >= 15 is 0 Å². The molecule has 0 unspecified atom stereocenters. The minimum atomic E-state index is -0.0745. The molecular weight excluding hydrogens is 364 g/mol. The molecule has 1 aromatic heterocycles. The third-order valence-corrected chi connectivity index (χ3v) is 5.72. The number of nitrogens with zero attached hydrogens (tertiary/aromatic N) is 2. The second-order valence-electron chi connectivity index (χ2n) is 8.16. The molecule has 29 heavy (non-hydrogen) atoms. The normalized spacial score (nSPS) is 19.0. The molecule has 1 saturated heterocycles. The van der Waals surface area contributed by atoms with Crippen molar-refractivity contribution in [1.82, 2.24) is 20.5 Å². The summed E-state index contributed by atoms with van der Waals surface area (Å²) in [6, 6.07) is 4.34. The Morgan fingerprint density at radius 2 is 1.86 bits per heavy atom. The summed E-state index contributed by atoms with van der Waals surface area (Å²) in [5.41, 5.74) is 1.25. The van der Waals surface area contributed by atoms with Crippen LogP contribution in [-0.4, -0.2) is 48.2 Å². The highest BCUT2D eigenvalue weighted by Gasteiger charge is 2.14. The topological polar surface area (TPSA) is 66.5 Å². The Morgan fingerprint density at radius 1 is 1.10 bits per heavy atom. The number of ether oxygens (including phenoxy) is 1. The third kappa shape index (κ3) is 8.44. The number of piperidine rings is 1. The van der Waals surface area contributed by atoms with Gasteiger partial charge in [0, 0.05) is 31.4 Å². The molecule has 2 fully saturated rings. The molecule has 2 aliphatic rings. The van der Waals surface area contributed by atoms with Crippen LogP contribution >= 0.6 is 0 Å². The van der Waals surface area contributed by atoms with E-state index in [-0.39, 0.29) is 6.03 Å². The first-order chi connectivity index (χ1) is 14.3. The summed E-state index contributed by atoms with van der Waals surface area (Å²) in [5, 5.41) is 5.98. The first kappa shape index (κ1) is 21.6. The molecule has 1 aliphatic carbocycles. The van der Waals surface area contributed by atoms with Crippen molar-refractivity contribution < 1.29 is 9.53 Å². The molecule has 160 valence electrons. The van der Waals surface area contributed by atoms with Crippen molar-refractivity contribution in [3.8, 4) is 5.88 Å². The standard InChI is InChI=1S/C23H36N4O2/c28-23(26-21-10-4-1-2-5-11-21)25-13-6-9-17-29-22-18-20(12-14-24-22)19-27-15-7-3-8-16-27/h6,9,12,14,18,21H,1-5,7-8,10-11,13,15-17,19H2,(H2,25,26,28). The number of rotatable bonds is 8. The molecule has 2 N–H and O–H groups in total. The fourth-order valence-corrected chi connectivity index (χ4v) is 4.10. The van der Waals surface area contributed by atoms with Crippen molar-refractivity contribution in [1.29, 1.82) is 0 Å². The van der Waals surface area contributed by atoms with Gasteiger partial charge in [0.05, 0.1) is 0 Å². The zero-order chi connectivity index (χ0) is 20.2. The summed E-state index contributed by atoms with van der Waals surface area (Å²) in [6.45, 7) is 4.29. The van der Waals surface area contributed by atoms with E-state index in [2.05, 4.69) is 26.6 Å². The van der Waals surface area contributed by atoms with Gasteiger partial charge in [-0.25, -0.2) is 9.78 Å². The van der Waals surface area contributed by atoms with Gasteiger partial charge < -0.3 is 15.4 Å². The predicted molar refractivity (Wildman–Crippen MR) is 116 cm³/mol. The van der Waals surface area contributed by atoms with Crippen molar-refractivity contribution >= 4 is 6.03 Å². The quantitative estimate of drug-likeness (QED) is 0.511. The molecule has 6 nitrogen and oxygen atoms in total. The maximum absolute atomic E-state index is 12.0. The molecular formula is C23H36N4O2. The van der Waals surface area contributed by atoms with E-state index in [1.165, 1.54) is 63.6 Å². The maximum Gasteiger partial charge on any atom is 0.315 e. The fourth-order valence-electron chi connectivity index (χ4n) is 4.10. The minimum absolute atomic E-state index is 0.0745. The van der Waals surface area contributed by atoms with E-state index in [0.29, 0.717) is 25.1 Å². The van der Waals surface area contributed by atoms with Gasteiger partial charge in [0.25, 0.3) is 0 Å². The number of hydrogen-bond acceptors (Lipinski definition) is 4. The van der Waals surface area contributed by atoms with Gasteiger partial charge in [0.15, 0.2) is 0 Å². The Bertz CT molecular complexity index is 636. The summed E-state index contributed by atoms with van der Waals surface area (Å²) < 4.78 is 5.73. The zero-order valence-electron chi connectivity index (χ0n) is 17.6. The van der Waals surface area contributed by atoms with Crippen LogP contribution in [0.4, 0.5) is 4.79 Å². The largest absolute Gasteiger partial charge is 0.473 e. The summed E-state index contributed by atoms with van der Waals surface area (Å²) in [6.07, 6.45) is 16.8. The second kappa shape index (κ2) is 12.5. The molecule has 1 aromatic rings. The summed E-state index contributed by atoms with van der Waals surface area (Å²) in [4.78, 5) is 18.8. The third-order valence-electron chi connectivity index (χ3n) is 5.72. The van der Waals surface area contributed by atoms with Gasteiger partial charge in [-0.05, 0) is 56.5 Å². The summed E-state index contributed by atoms with van der Waals surface area (Å²) >= 11 is 0. The van der Waals surface area contributed by atoms with Crippen LogP contribution in [0.3, 0.4) is 0 Å². The number of nitrogens with one attached hydrogen (secondary N) is 2. The highest BCUT2D eigenvalue weighted by molar-refractivity contribution is 5.74. The van der Waals surface area contributed by atoms with Crippen molar-refractivity contribution in [3.63, 3.8) is 0 Å². The summed E-state index contributed by atoms with van der Waals surface area (Å²) in [5.74, 6) is 0.656. The van der Waals surface area contributed by atoms with Crippen LogP contribution in [0.15, 0.2) is 30.5 Å². The van der Waals surface area contributed by atoms with E-state index in [4.69, 9.17) is 4.74 Å². The lowest BCUT2D eigenvalue weighted by atomic mass is 10.1. The first-order valence-electron chi connectivity index (χ1n) is 11.3. The number of carbonyl (C=O) groups is 1. The zero-order valence-corrected chi connectivity index (χ0v) is 17.6. The van der Waals surface area contributed by atoms with Crippen LogP contribution in [0.1, 0.15) is 63.4 Å². The van der Waals surface area contributed by atoms with Crippen LogP contribution in [0, 0.1) is 0 Å². The molecule has 0 bridgehead atoms. The van der Waals surface area contributed by atoms with Crippen LogP contribution in [0.5, 0.6) is 5.88 Å². The van der Waals surface area contributed by atoms with Crippen molar-refractivity contribution in [3.05, 3.63) is 36.0 Å². The molecule has 0 atom stereocenters. The smallest absolute Gasteiger partial charge is 0.315 e.